The Kier molecular flexibility index (Phi) is 1.51. The lowest BCUT2D eigenvalue weighted by atomic mass is 10.3. The van der Waals surface area contributed by atoms with Crippen LogP contribution in [0.5, 0.6) is 0 Å². The van der Waals surface area contributed by atoms with Crippen molar-refractivity contribution in [2.75, 3.05) is 0 Å². The van der Waals surface area contributed by atoms with Crippen molar-refractivity contribution in [2.24, 2.45) is 0 Å². The van der Waals surface area contributed by atoms with Crippen LogP contribution in [-0.4, -0.2) is 5.27 Å². The molecule has 1 aromatic heterocycles. The van der Waals surface area contributed by atoms with Crippen LogP contribution in [0.3, 0.4) is 0 Å². The zero-order valence-electron chi connectivity index (χ0n) is 6.23. The van der Waals surface area contributed by atoms with Crippen molar-refractivity contribution in [3.05, 3.63) is 46.9 Å². The summed E-state index contributed by atoms with van der Waals surface area (Å²) in [6.07, 6.45) is 1.34. The molecule has 0 aliphatic carbocycles. The van der Waals surface area contributed by atoms with Crippen LogP contribution in [0.25, 0.3) is 5.69 Å². The Bertz CT molecular complexity index is 416. The maximum Gasteiger partial charge on any atom is 0.427 e. The van der Waals surface area contributed by atoms with E-state index >= 15 is 0 Å². The first-order valence-electron chi connectivity index (χ1n) is 3.52. The smallest absolute Gasteiger partial charge is 0.283 e. The second-order valence-corrected chi connectivity index (χ2v) is 2.35. The number of rotatable bonds is 1. The Morgan fingerprint density at radius 3 is 2.58 bits per heavy atom. The van der Waals surface area contributed by atoms with Gasteiger partial charge in [-0.3, -0.25) is 4.52 Å². The van der Waals surface area contributed by atoms with Crippen molar-refractivity contribution >= 4 is 0 Å². The predicted octanol–water partition coefficient (Wildman–Crippen LogP) is 0.245. The molecule has 0 aliphatic rings. The van der Waals surface area contributed by atoms with E-state index in [0.717, 1.165) is 5.69 Å². The molecule has 12 heavy (non-hydrogen) atoms. The van der Waals surface area contributed by atoms with Crippen molar-refractivity contribution in [1.82, 2.24) is 5.27 Å². The standard InChI is InChI=1S/C8H6N2O2/c11-8-6-10(9-12-8)7-4-2-1-3-5-7/h1-6H/p+1. The van der Waals surface area contributed by atoms with Crippen LogP contribution in [0.2, 0.25) is 0 Å². The maximum absolute atomic E-state index is 10.6. The molecule has 2 rings (SSSR count). The molecule has 0 radical (unpaired) electrons. The Morgan fingerprint density at radius 2 is 2.00 bits per heavy atom. The molecule has 4 nitrogen and oxygen atoms in total. The van der Waals surface area contributed by atoms with Gasteiger partial charge in [0.1, 0.15) is 0 Å². The van der Waals surface area contributed by atoms with E-state index in [1.54, 1.807) is 0 Å². The molecule has 0 unspecified atom stereocenters. The number of hydrogen-bond donors (Lipinski definition) is 1. The van der Waals surface area contributed by atoms with Gasteiger partial charge >= 0.3 is 5.63 Å². The molecule has 60 valence electrons. The molecule has 0 fully saturated rings. The van der Waals surface area contributed by atoms with Gasteiger partial charge in [0.15, 0.2) is 0 Å². The molecule has 1 heterocycles. The summed E-state index contributed by atoms with van der Waals surface area (Å²) in [5, 5.41) is 2.45. The first-order chi connectivity index (χ1) is 5.86. The Hall–Kier alpha value is -1.84. The molecule has 0 atom stereocenters. The van der Waals surface area contributed by atoms with E-state index in [2.05, 4.69) is 9.79 Å². The van der Waals surface area contributed by atoms with E-state index < -0.39 is 0 Å². The van der Waals surface area contributed by atoms with Crippen molar-refractivity contribution < 1.29 is 9.20 Å². The van der Waals surface area contributed by atoms with E-state index in [1.165, 1.54) is 10.9 Å². The second-order valence-electron chi connectivity index (χ2n) is 2.35. The fourth-order valence-corrected chi connectivity index (χ4v) is 0.968. The average Bonchev–Trinajstić information content (AvgIpc) is 2.54. The van der Waals surface area contributed by atoms with Crippen molar-refractivity contribution in [3.63, 3.8) is 0 Å². The minimum Gasteiger partial charge on any atom is -0.283 e. The number of nitrogens with one attached hydrogen (secondary N) is 1. The summed E-state index contributed by atoms with van der Waals surface area (Å²) >= 11 is 0. The zero-order valence-corrected chi connectivity index (χ0v) is 6.23. The summed E-state index contributed by atoms with van der Waals surface area (Å²) in [6.45, 7) is 0. The van der Waals surface area contributed by atoms with Crippen LogP contribution in [0.4, 0.5) is 0 Å². The molecule has 0 bridgehead atoms. The van der Waals surface area contributed by atoms with Gasteiger partial charge in [-0.15, -0.1) is 0 Å². The maximum atomic E-state index is 10.6. The molecule has 0 saturated heterocycles. The lowest BCUT2D eigenvalue weighted by Crippen LogP contribution is -2.31. The minimum absolute atomic E-state index is 0.390. The highest BCUT2D eigenvalue weighted by Gasteiger charge is 2.07. The number of aromatic nitrogens is 2. The van der Waals surface area contributed by atoms with Gasteiger partial charge in [0.05, 0.1) is 0 Å². The van der Waals surface area contributed by atoms with E-state index in [-0.39, 0.29) is 5.63 Å². The Balaban J connectivity index is 2.51. The third-order valence-corrected chi connectivity index (χ3v) is 1.51. The molecular formula is C8H7N2O2+. The van der Waals surface area contributed by atoms with Gasteiger partial charge in [0.2, 0.25) is 5.69 Å². The van der Waals surface area contributed by atoms with Crippen molar-refractivity contribution in [2.45, 2.75) is 0 Å². The molecular weight excluding hydrogens is 156 g/mol. The third-order valence-electron chi connectivity index (χ3n) is 1.51. The van der Waals surface area contributed by atoms with Crippen molar-refractivity contribution in [3.8, 4) is 5.69 Å². The van der Waals surface area contributed by atoms with Crippen LogP contribution in [0, 0.1) is 0 Å². The highest BCUT2D eigenvalue weighted by Crippen LogP contribution is 1.94. The number of nitrogens with zero attached hydrogens (tertiary/aromatic N) is 1. The summed E-state index contributed by atoms with van der Waals surface area (Å²) in [7, 11) is 0. The van der Waals surface area contributed by atoms with Crippen molar-refractivity contribution in [1.29, 1.82) is 0 Å². The van der Waals surface area contributed by atoms with E-state index in [9.17, 15) is 4.79 Å². The quantitative estimate of drug-likeness (QED) is 0.612. The fourth-order valence-electron chi connectivity index (χ4n) is 0.968. The molecule has 0 aliphatic heterocycles. The van der Waals surface area contributed by atoms with Crippen LogP contribution < -0.4 is 10.3 Å². The minimum atomic E-state index is -0.390. The molecule has 0 spiro atoms. The lowest BCUT2D eigenvalue weighted by Gasteiger charge is -1.84. The van der Waals surface area contributed by atoms with Gasteiger partial charge in [0, 0.05) is 12.1 Å². The zero-order chi connectivity index (χ0) is 8.39. The van der Waals surface area contributed by atoms with Crippen LogP contribution in [-0.2, 0) is 0 Å². The number of benzene rings is 1. The van der Waals surface area contributed by atoms with Gasteiger partial charge in [0.25, 0.3) is 6.20 Å². The second kappa shape index (κ2) is 2.65. The summed E-state index contributed by atoms with van der Waals surface area (Å²) in [4.78, 5) is 10.6. The average molecular weight is 163 g/mol. The highest BCUT2D eigenvalue weighted by molar-refractivity contribution is 5.20. The topological polar surface area (TPSA) is 49.9 Å². The summed E-state index contributed by atoms with van der Waals surface area (Å²) in [5.74, 6) is 0. The van der Waals surface area contributed by atoms with Crippen LogP contribution >= 0.6 is 0 Å². The number of para-hydroxylation sites is 1. The number of hydrogen-bond acceptors (Lipinski definition) is 2. The highest BCUT2D eigenvalue weighted by atomic mass is 16.5. The Morgan fingerprint density at radius 1 is 1.25 bits per heavy atom. The lowest BCUT2D eigenvalue weighted by molar-refractivity contribution is -0.670. The molecule has 1 aromatic carbocycles. The van der Waals surface area contributed by atoms with Gasteiger partial charge < -0.3 is 0 Å². The van der Waals surface area contributed by atoms with E-state index in [1.807, 2.05) is 30.3 Å². The Labute approximate surface area is 68.0 Å². The molecule has 0 amide bonds. The number of aromatic amines is 1. The first kappa shape index (κ1) is 6.84. The SMILES string of the molecule is O=c1c[n+](-c2ccccc2)[nH]o1. The monoisotopic (exact) mass is 163 g/mol. The van der Waals surface area contributed by atoms with Gasteiger partial charge in [-0.05, 0) is 9.95 Å². The molecule has 0 saturated carbocycles. The summed E-state index contributed by atoms with van der Waals surface area (Å²) in [5.41, 5.74) is 0.474. The fraction of sp³-hybridized carbons (Fsp3) is 0. The van der Waals surface area contributed by atoms with E-state index in [0.29, 0.717) is 0 Å². The number of H-pyrrole nitrogens is 1. The van der Waals surface area contributed by atoms with Crippen LogP contribution in [0.1, 0.15) is 0 Å². The third kappa shape index (κ3) is 1.14. The predicted molar refractivity (Wildman–Crippen MR) is 40.9 cm³/mol. The van der Waals surface area contributed by atoms with Gasteiger partial charge in [-0.2, -0.15) is 0 Å². The summed E-state index contributed by atoms with van der Waals surface area (Å²) < 4.78 is 6.02. The van der Waals surface area contributed by atoms with Crippen LogP contribution in [0.15, 0.2) is 45.8 Å². The summed E-state index contributed by atoms with van der Waals surface area (Å²) in [6, 6.07) is 9.40. The largest absolute Gasteiger partial charge is 0.427 e. The normalized spacial score (nSPS) is 10.0. The molecule has 1 N–H and O–H groups in total. The van der Waals surface area contributed by atoms with Gasteiger partial charge in [-0.25, -0.2) is 4.79 Å². The molecule has 2 aromatic rings. The van der Waals surface area contributed by atoms with Gasteiger partial charge in [-0.1, -0.05) is 18.2 Å². The molecule has 4 heteroatoms. The first-order valence-corrected chi connectivity index (χ1v) is 3.52. The van der Waals surface area contributed by atoms with E-state index in [4.69, 9.17) is 0 Å².